The van der Waals surface area contributed by atoms with Gasteiger partial charge < -0.3 is 9.88 Å². The molecule has 172 valence electrons. The highest BCUT2D eigenvalue weighted by Crippen LogP contribution is 2.36. The van der Waals surface area contributed by atoms with Gasteiger partial charge in [-0.25, -0.2) is 13.6 Å². The molecular weight excluding hydrogens is 432 g/mol. The summed E-state index contributed by atoms with van der Waals surface area (Å²) < 4.78 is 29.9. The lowest BCUT2D eigenvalue weighted by atomic mass is 9.92. The van der Waals surface area contributed by atoms with Crippen molar-refractivity contribution in [2.24, 2.45) is 0 Å². The average Bonchev–Trinajstić information content (AvgIpc) is 3.33. The van der Waals surface area contributed by atoms with Crippen LogP contribution in [0.3, 0.4) is 0 Å². The zero-order valence-electron chi connectivity index (χ0n) is 18.9. The zero-order valence-corrected chi connectivity index (χ0v) is 18.9. The summed E-state index contributed by atoms with van der Waals surface area (Å²) in [5.74, 6) is -0.541. The number of likely N-dealkylation sites (N-methyl/N-ethyl adjacent to an activating group) is 1. The van der Waals surface area contributed by atoms with Gasteiger partial charge in [-0.2, -0.15) is 0 Å². The number of nitrogens with zero attached hydrogens (tertiary/aromatic N) is 2. The van der Waals surface area contributed by atoms with Gasteiger partial charge in [-0.15, -0.1) is 0 Å². The number of nitrogens with one attached hydrogen (secondary N) is 1. The van der Waals surface area contributed by atoms with Crippen LogP contribution < -0.4 is 5.69 Å². The largest absolute Gasteiger partial charge is 0.326 e. The Morgan fingerprint density at radius 2 is 1.62 bits per heavy atom. The van der Waals surface area contributed by atoms with Gasteiger partial charge in [-0.05, 0) is 109 Å². The number of likely N-dealkylation sites (tertiary alicyclic amines) is 1. The maximum absolute atomic E-state index is 14.0. The second kappa shape index (κ2) is 8.06. The highest BCUT2D eigenvalue weighted by Gasteiger charge is 2.24. The number of aryl methyl sites for hydroxylation is 2. The van der Waals surface area contributed by atoms with Gasteiger partial charge in [-0.3, -0.25) is 4.57 Å². The number of aromatic nitrogens is 2. The molecule has 34 heavy (non-hydrogen) atoms. The third kappa shape index (κ3) is 3.59. The van der Waals surface area contributed by atoms with Crippen molar-refractivity contribution in [1.29, 1.82) is 0 Å². The number of hydrogen-bond acceptors (Lipinski definition) is 2. The molecule has 0 radical (unpaired) electrons. The number of halogens is 2. The summed E-state index contributed by atoms with van der Waals surface area (Å²) in [6.45, 7) is 1.84. The fourth-order valence-electron chi connectivity index (χ4n) is 5.52. The number of imidazole rings is 1. The first-order valence-corrected chi connectivity index (χ1v) is 11.7. The van der Waals surface area contributed by atoms with Crippen LogP contribution in [0.1, 0.15) is 40.3 Å². The van der Waals surface area contributed by atoms with Crippen molar-refractivity contribution < 1.29 is 8.78 Å². The number of H-pyrrole nitrogens is 1. The normalized spacial score (nSPS) is 18.1. The van der Waals surface area contributed by atoms with E-state index < -0.39 is 0 Å². The van der Waals surface area contributed by atoms with Crippen LogP contribution in [-0.4, -0.2) is 34.6 Å². The Hall–Kier alpha value is -3.51. The smallest absolute Gasteiger partial charge is 0.306 e. The molecule has 6 heteroatoms. The van der Waals surface area contributed by atoms with Crippen LogP contribution in [0.5, 0.6) is 0 Å². The summed E-state index contributed by atoms with van der Waals surface area (Å²) in [5, 5.41) is 0. The first-order chi connectivity index (χ1) is 16.5. The molecule has 1 aliphatic heterocycles. The molecule has 1 atom stereocenters. The molecule has 0 saturated carbocycles. The van der Waals surface area contributed by atoms with Crippen molar-refractivity contribution in [3.63, 3.8) is 0 Å². The van der Waals surface area contributed by atoms with Gasteiger partial charge in [0.15, 0.2) is 0 Å². The SMILES string of the molecule is CN1CC[C@H](n2c(=O)[nH]c3cc(C=C4c5ccc(F)cc5CCc5cc(F)ccc54)ccc32)C1. The topological polar surface area (TPSA) is 41.0 Å². The van der Waals surface area contributed by atoms with E-state index in [9.17, 15) is 13.6 Å². The summed E-state index contributed by atoms with van der Waals surface area (Å²) in [6.07, 6.45) is 4.30. The Labute approximate surface area is 196 Å². The van der Waals surface area contributed by atoms with E-state index in [0.29, 0.717) is 12.8 Å². The van der Waals surface area contributed by atoms with Gasteiger partial charge in [0.1, 0.15) is 11.6 Å². The van der Waals surface area contributed by atoms with Crippen molar-refractivity contribution in [1.82, 2.24) is 14.5 Å². The molecule has 2 heterocycles. The molecule has 0 spiro atoms. The van der Waals surface area contributed by atoms with E-state index in [0.717, 1.165) is 63.9 Å². The van der Waals surface area contributed by atoms with Gasteiger partial charge in [0.25, 0.3) is 0 Å². The minimum atomic E-state index is -0.270. The lowest BCUT2D eigenvalue weighted by molar-refractivity contribution is 0.392. The van der Waals surface area contributed by atoms with E-state index in [1.54, 1.807) is 12.1 Å². The second-order valence-corrected chi connectivity index (χ2v) is 9.44. The summed E-state index contributed by atoms with van der Waals surface area (Å²) in [4.78, 5) is 18.0. The molecule has 1 saturated heterocycles. The van der Waals surface area contributed by atoms with Gasteiger partial charge in [0, 0.05) is 6.54 Å². The molecule has 1 aliphatic carbocycles. The summed E-state index contributed by atoms with van der Waals surface area (Å²) in [6, 6.07) is 15.9. The summed E-state index contributed by atoms with van der Waals surface area (Å²) in [5.41, 5.74) is 7.19. The van der Waals surface area contributed by atoms with Crippen LogP contribution in [0.2, 0.25) is 0 Å². The number of aromatic amines is 1. The Balaban J connectivity index is 1.50. The van der Waals surface area contributed by atoms with Crippen molar-refractivity contribution in [3.05, 3.63) is 105 Å². The molecule has 0 amide bonds. The van der Waals surface area contributed by atoms with Crippen LogP contribution in [0.4, 0.5) is 8.78 Å². The highest BCUT2D eigenvalue weighted by atomic mass is 19.1. The van der Waals surface area contributed by atoms with Crippen LogP contribution in [0, 0.1) is 11.6 Å². The number of hydrogen-bond donors (Lipinski definition) is 1. The third-order valence-electron chi connectivity index (χ3n) is 7.16. The maximum atomic E-state index is 14.0. The molecule has 0 unspecified atom stereocenters. The molecular formula is C28H25F2N3O. The second-order valence-electron chi connectivity index (χ2n) is 9.44. The molecule has 3 aromatic carbocycles. The average molecular weight is 458 g/mol. The Morgan fingerprint density at radius 3 is 2.24 bits per heavy atom. The minimum Gasteiger partial charge on any atom is -0.306 e. The number of benzene rings is 3. The summed E-state index contributed by atoms with van der Waals surface area (Å²) >= 11 is 0. The number of rotatable bonds is 2. The van der Waals surface area contributed by atoms with Crippen LogP contribution in [-0.2, 0) is 12.8 Å². The first-order valence-electron chi connectivity index (χ1n) is 11.7. The molecule has 1 fully saturated rings. The van der Waals surface area contributed by atoms with E-state index in [4.69, 9.17) is 0 Å². The molecule has 0 bridgehead atoms. The zero-order chi connectivity index (χ0) is 23.4. The predicted octanol–water partition coefficient (Wildman–Crippen LogP) is 5.17. The van der Waals surface area contributed by atoms with E-state index in [1.807, 2.05) is 34.9 Å². The van der Waals surface area contributed by atoms with Crippen molar-refractivity contribution >= 4 is 22.7 Å². The monoisotopic (exact) mass is 457 g/mol. The lowest BCUT2D eigenvalue weighted by Crippen LogP contribution is -2.24. The Kier molecular flexibility index (Phi) is 4.99. The van der Waals surface area contributed by atoms with E-state index in [2.05, 4.69) is 23.0 Å². The standard InChI is InChI=1S/C28H25F2N3O/c1-32-11-10-22(16-32)33-27-9-2-17(13-26(27)31-28(33)34)12-25-23-7-5-20(29)14-18(23)3-4-19-15-21(30)6-8-24(19)25/h2,5-9,12-15,22H,3-4,10-11,16H2,1H3,(H,31,34)/t22-/m0/s1. The predicted molar refractivity (Wildman–Crippen MR) is 131 cm³/mol. The number of fused-ring (bicyclic) bond motifs is 3. The fourth-order valence-corrected chi connectivity index (χ4v) is 5.52. The Bertz CT molecular complexity index is 1460. The Morgan fingerprint density at radius 1 is 0.941 bits per heavy atom. The van der Waals surface area contributed by atoms with Crippen LogP contribution in [0.15, 0.2) is 59.4 Å². The highest BCUT2D eigenvalue weighted by molar-refractivity contribution is 5.95. The quantitative estimate of drug-likeness (QED) is 0.451. The summed E-state index contributed by atoms with van der Waals surface area (Å²) in [7, 11) is 2.07. The molecule has 4 aromatic rings. The van der Waals surface area contributed by atoms with Gasteiger partial charge >= 0.3 is 5.69 Å². The molecule has 1 N–H and O–H groups in total. The lowest BCUT2D eigenvalue weighted by Gasteiger charge is -2.13. The molecule has 6 rings (SSSR count). The van der Waals surface area contributed by atoms with Crippen LogP contribution in [0.25, 0.3) is 22.7 Å². The first kappa shape index (κ1) is 21.1. The minimum absolute atomic E-state index is 0.0868. The van der Waals surface area contributed by atoms with Crippen molar-refractivity contribution in [2.45, 2.75) is 25.3 Å². The molecule has 1 aromatic heterocycles. The van der Waals surface area contributed by atoms with Crippen molar-refractivity contribution in [2.75, 3.05) is 20.1 Å². The van der Waals surface area contributed by atoms with E-state index in [-0.39, 0.29) is 23.4 Å². The molecule has 2 aliphatic rings. The fraction of sp³-hybridized carbons (Fsp3) is 0.250. The van der Waals surface area contributed by atoms with Gasteiger partial charge in [0.2, 0.25) is 0 Å². The maximum Gasteiger partial charge on any atom is 0.326 e. The molecule has 4 nitrogen and oxygen atoms in total. The van der Waals surface area contributed by atoms with E-state index >= 15 is 0 Å². The van der Waals surface area contributed by atoms with Crippen LogP contribution >= 0.6 is 0 Å². The van der Waals surface area contributed by atoms with E-state index in [1.165, 1.54) is 12.1 Å². The van der Waals surface area contributed by atoms with Crippen molar-refractivity contribution in [3.8, 4) is 0 Å². The third-order valence-corrected chi connectivity index (χ3v) is 7.16. The van der Waals surface area contributed by atoms with Gasteiger partial charge in [-0.1, -0.05) is 18.2 Å². The van der Waals surface area contributed by atoms with Gasteiger partial charge in [0.05, 0.1) is 17.1 Å².